The molecule has 0 N–H and O–H groups in total. The van der Waals surface area contributed by atoms with Crippen LogP contribution in [0.3, 0.4) is 0 Å². The first kappa shape index (κ1) is 34.1. The molecule has 3 heteroatoms. The Labute approximate surface area is 342 Å². The number of hydrogen-bond acceptors (Lipinski definition) is 2. The second-order valence-electron chi connectivity index (χ2n) is 14.9. The highest BCUT2D eigenvalue weighted by Crippen LogP contribution is 2.43. The summed E-state index contributed by atoms with van der Waals surface area (Å²) in [7, 11) is 0. The third-order valence-corrected chi connectivity index (χ3v) is 12.6. The van der Waals surface area contributed by atoms with E-state index in [1.807, 2.05) is 11.3 Å². The highest BCUT2D eigenvalue weighted by molar-refractivity contribution is 7.25. The lowest BCUT2D eigenvalue weighted by Crippen LogP contribution is -2.11. The number of anilines is 3. The Morgan fingerprint density at radius 1 is 0.345 bits per heavy atom. The molecule has 0 aliphatic heterocycles. The molecule has 58 heavy (non-hydrogen) atoms. The number of rotatable bonds is 8. The van der Waals surface area contributed by atoms with Gasteiger partial charge in [-0.15, -0.1) is 11.3 Å². The van der Waals surface area contributed by atoms with Gasteiger partial charge in [0.15, 0.2) is 0 Å². The number of fused-ring (bicyclic) bond motifs is 6. The van der Waals surface area contributed by atoms with Gasteiger partial charge in [-0.25, -0.2) is 0 Å². The molecule has 0 atom stereocenters. The van der Waals surface area contributed by atoms with Crippen LogP contribution in [0.2, 0.25) is 0 Å². The lowest BCUT2D eigenvalue weighted by atomic mass is 9.83. The zero-order valence-electron chi connectivity index (χ0n) is 31.7. The largest absolute Gasteiger partial charge is 0.310 e. The zero-order valence-corrected chi connectivity index (χ0v) is 32.6. The van der Waals surface area contributed by atoms with Crippen molar-refractivity contribution in [3.63, 3.8) is 0 Å². The summed E-state index contributed by atoms with van der Waals surface area (Å²) in [6.07, 6.45) is 0. The van der Waals surface area contributed by atoms with Gasteiger partial charge in [0, 0.05) is 59.6 Å². The number of nitrogens with zero attached hydrogens (tertiary/aromatic N) is 2. The molecule has 2 aromatic heterocycles. The minimum absolute atomic E-state index is 0.0249. The third kappa shape index (κ3) is 5.96. The van der Waals surface area contributed by atoms with Crippen molar-refractivity contribution in [2.24, 2.45) is 0 Å². The normalized spacial score (nSPS) is 11.6. The summed E-state index contributed by atoms with van der Waals surface area (Å²) >= 11 is 1.86. The van der Waals surface area contributed by atoms with Gasteiger partial charge in [0.25, 0.3) is 0 Å². The van der Waals surface area contributed by atoms with Crippen LogP contribution in [0.25, 0.3) is 58.8 Å². The Balaban J connectivity index is 1.17. The molecular weight excluding hydrogens is 721 g/mol. The summed E-state index contributed by atoms with van der Waals surface area (Å²) in [6, 6.07) is 82.1. The SMILES string of the molecule is c1ccc(C(c2ccccc2)c2cc(-c3ccc4c5ccccc5n(-c5ccc6sc7ccccc7c6c5)c4c3)cc(N(c3ccccc3)c3ccccc3)c2)cc1. The first-order valence-corrected chi connectivity index (χ1v) is 20.7. The van der Waals surface area contributed by atoms with E-state index in [2.05, 4.69) is 234 Å². The highest BCUT2D eigenvalue weighted by atomic mass is 32.1. The lowest BCUT2D eigenvalue weighted by molar-refractivity contribution is 0.977. The van der Waals surface area contributed by atoms with E-state index in [1.54, 1.807) is 0 Å². The van der Waals surface area contributed by atoms with E-state index < -0.39 is 0 Å². The van der Waals surface area contributed by atoms with E-state index in [9.17, 15) is 0 Å². The third-order valence-electron chi connectivity index (χ3n) is 11.5. The van der Waals surface area contributed by atoms with E-state index in [1.165, 1.54) is 75.5 Å². The van der Waals surface area contributed by atoms with Gasteiger partial charge in [-0.05, 0) is 101 Å². The topological polar surface area (TPSA) is 8.17 Å². The number of benzene rings is 9. The fourth-order valence-electron chi connectivity index (χ4n) is 8.85. The van der Waals surface area contributed by atoms with Crippen molar-refractivity contribution >= 4 is 70.4 Å². The Morgan fingerprint density at radius 3 is 1.60 bits per heavy atom. The second kappa shape index (κ2) is 14.4. The van der Waals surface area contributed by atoms with Gasteiger partial charge in [0.05, 0.1) is 11.0 Å². The molecule has 274 valence electrons. The molecule has 11 aromatic rings. The second-order valence-corrected chi connectivity index (χ2v) is 16.0. The number of para-hydroxylation sites is 3. The van der Waals surface area contributed by atoms with Crippen LogP contribution in [0.15, 0.2) is 224 Å². The van der Waals surface area contributed by atoms with Crippen molar-refractivity contribution in [2.45, 2.75) is 5.92 Å². The van der Waals surface area contributed by atoms with E-state index in [0.717, 1.165) is 17.1 Å². The monoisotopic (exact) mass is 758 g/mol. The van der Waals surface area contributed by atoms with E-state index in [-0.39, 0.29) is 5.92 Å². The van der Waals surface area contributed by atoms with Crippen molar-refractivity contribution in [1.82, 2.24) is 4.57 Å². The van der Waals surface area contributed by atoms with Crippen LogP contribution in [0.4, 0.5) is 17.1 Å². The van der Waals surface area contributed by atoms with Crippen molar-refractivity contribution < 1.29 is 0 Å². The van der Waals surface area contributed by atoms with Gasteiger partial charge in [0.1, 0.15) is 0 Å². The molecule has 0 radical (unpaired) electrons. The molecule has 0 aliphatic carbocycles. The van der Waals surface area contributed by atoms with Crippen molar-refractivity contribution in [3.05, 3.63) is 241 Å². The smallest absolute Gasteiger partial charge is 0.0547 e. The molecule has 0 fully saturated rings. The summed E-state index contributed by atoms with van der Waals surface area (Å²) < 4.78 is 5.09. The van der Waals surface area contributed by atoms with Crippen LogP contribution in [-0.2, 0) is 0 Å². The maximum Gasteiger partial charge on any atom is 0.0547 e. The van der Waals surface area contributed by atoms with Gasteiger partial charge in [-0.1, -0.05) is 152 Å². The quantitative estimate of drug-likeness (QED) is 0.140. The Morgan fingerprint density at radius 2 is 0.914 bits per heavy atom. The molecule has 0 unspecified atom stereocenters. The fourth-order valence-corrected chi connectivity index (χ4v) is 9.93. The van der Waals surface area contributed by atoms with Gasteiger partial charge < -0.3 is 9.47 Å². The first-order chi connectivity index (χ1) is 28.8. The molecule has 2 nitrogen and oxygen atoms in total. The number of hydrogen-bond donors (Lipinski definition) is 0. The molecule has 11 rings (SSSR count). The van der Waals surface area contributed by atoms with Gasteiger partial charge in [-0.2, -0.15) is 0 Å². The van der Waals surface area contributed by atoms with E-state index >= 15 is 0 Å². The minimum atomic E-state index is 0.0249. The average Bonchev–Trinajstić information content (AvgIpc) is 3.83. The van der Waals surface area contributed by atoms with Crippen LogP contribution in [-0.4, -0.2) is 4.57 Å². The summed E-state index contributed by atoms with van der Waals surface area (Å²) in [5, 5.41) is 5.10. The summed E-state index contributed by atoms with van der Waals surface area (Å²) in [5.74, 6) is 0.0249. The molecular formula is C55H38N2S. The summed E-state index contributed by atoms with van der Waals surface area (Å²) in [6.45, 7) is 0. The minimum Gasteiger partial charge on any atom is -0.310 e. The molecule has 0 bridgehead atoms. The van der Waals surface area contributed by atoms with Crippen molar-refractivity contribution in [3.8, 4) is 16.8 Å². The Hall–Kier alpha value is -7.20. The molecule has 2 heterocycles. The van der Waals surface area contributed by atoms with Gasteiger partial charge >= 0.3 is 0 Å². The van der Waals surface area contributed by atoms with Crippen LogP contribution in [0.5, 0.6) is 0 Å². The molecule has 0 amide bonds. The van der Waals surface area contributed by atoms with Crippen molar-refractivity contribution in [2.75, 3.05) is 4.90 Å². The van der Waals surface area contributed by atoms with Gasteiger partial charge in [-0.3, -0.25) is 0 Å². The number of thiophene rings is 1. The molecule has 0 saturated heterocycles. The molecule has 0 saturated carbocycles. The molecule has 0 spiro atoms. The first-order valence-electron chi connectivity index (χ1n) is 19.9. The fraction of sp³-hybridized carbons (Fsp3) is 0.0182. The summed E-state index contributed by atoms with van der Waals surface area (Å²) in [5.41, 5.74) is 13.0. The standard InChI is InChI=1S/C55H38N2S/c1-5-17-38(18-6-1)55(39-19-7-2-8-20-39)42-33-41(34-46(35-42)56(43-21-9-3-10-22-43)44-23-11-4-12-24-44)40-29-31-48-47-25-13-15-27-51(47)57(52(48)36-40)45-30-32-54-50(37-45)49-26-14-16-28-53(49)58-54/h1-37,55H. The Bertz CT molecular complexity index is 3040. The van der Waals surface area contributed by atoms with Crippen molar-refractivity contribution in [1.29, 1.82) is 0 Å². The predicted molar refractivity (Wildman–Crippen MR) is 248 cm³/mol. The zero-order chi connectivity index (χ0) is 38.4. The molecule has 9 aromatic carbocycles. The summed E-state index contributed by atoms with van der Waals surface area (Å²) in [4.78, 5) is 2.38. The van der Waals surface area contributed by atoms with Gasteiger partial charge in [0.2, 0.25) is 0 Å². The Kier molecular flexibility index (Phi) is 8.45. The predicted octanol–water partition coefficient (Wildman–Crippen LogP) is 15.5. The van der Waals surface area contributed by atoms with Crippen LogP contribution >= 0.6 is 11.3 Å². The average molecular weight is 759 g/mol. The van der Waals surface area contributed by atoms with Crippen LogP contribution in [0, 0.1) is 0 Å². The lowest BCUT2D eigenvalue weighted by Gasteiger charge is -2.28. The highest BCUT2D eigenvalue weighted by Gasteiger charge is 2.22. The van der Waals surface area contributed by atoms with Crippen LogP contribution < -0.4 is 4.90 Å². The van der Waals surface area contributed by atoms with E-state index in [4.69, 9.17) is 0 Å². The maximum atomic E-state index is 2.46. The molecule has 0 aliphatic rings. The maximum absolute atomic E-state index is 2.46. The van der Waals surface area contributed by atoms with Crippen LogP contribution in [0.1, 0.15) is 22.6 Å². The number of aromatic nitrogens is 1. The van der Waals surface area contributed by atoms with E-state index in [0.29, 0.717) is 0 Å².